The molecule has 0 aliphatic carbocycles. The largest absolute Gasteiger partial charge is 0.573 e. The number of ether oxygens (including phenoxy) is 1. The molecule has 0 spiro atoms. The number of carboxylic acid groups (broad SMARTS) is 1. The lowest BCUT2D eigenvalue weighted by atomic mass is 10.1. The zero-order chi connectivity index (χ0) is 14.8. The molecule has 10 heteroatoms. The van der Waals surface area contributed by atoms with Gasteiger partial charge in [-0.05, 0) is 0 Å². The van der Waals surface area contributed by atoms with Crippen molar-refractivity contribution in [3.63, 3.8) is 0 Å². The number of rotatable bonds is 4. The van der Waals surface area contributed by atoms with Gasteiger partial charge in [-0.1, -0.05) is 15.9 Å². The van der Waals surface area contributed by atoms with Crippen LogP contribution in [0.3, 0.4) is 0 Å². The zero-order valence-corrected chi connectivity index (χ0v) is 10.4. The quantitative estimate of drug-likeness (QED) is 0.667. The van der Waals surface area contributed by atoms with Crippen LogP contribution in [0.4, 0.5) is 22.0 Å². The second-order valence-electron chi connectivity index (χ2n) is 3.16. The number of pyridine rings is 1. The van der Waals surface area contributed by atoms with Gasteiger partial charge in [0.1, 0.15) is 0 Å². The van der Waals surface area contributed by atoms with Crippen LogP contribution < -0.4 is 4.74 Å². The molecule has 0 saturated heterocycles. The van der Waals surface area contributed by atoms with Gasteiger partial charge in [-0.25, -0.2) is 18.6 Å². The van der Waals surface area contributed by atoms with E-state index in [4.69, 9.17) is 5.11 Å². The summed E-state index contributed by atoms with van der Waals surface area (Å²) < 4.78 is 65.3. The fourth-order valence-electron chi connectivity index (χ4n) is 1.25. The van der Waals surface area contributed by atoms with Crippen molar-refractivity contribution in [1.29, 1.82) is 0 Å². The lowest BCUT2D eigenvalue weighted by Gasteiger charge is -2.16. The average Bonchev–Trinajstić information content (AvgIpc) is 2.25. The number of halogens is 6. The van der Waals surface area contributed by atoms with Crippen LogP contribution in [0.1, 0.15) is 28.0 Å². The van der Waals surface area contributed by atoms with Crippen molar-refractivity contribution in [1.82, 2.24) is 4.98 Å². The van der Waals surface area contributed by atoms with Crippen molar-refractivity contribution in [3.8, 4) is 5.75 Å². The summed E-state index contributed by atoms with van der Waals surface area (Å²) in [6, 6.07) is 0. The van der Waals surface area contributed by atoms with Gasteiger partial charge in [0.15, 0.2) is 11.4 Å². The number of aromatic nitrogens is 1. The van der Waals surface area contributed by atoms with Gasteiger partial charge in [-0.15, -0.1) is 13.2 Å². The molecular weight excluding hydrogens is 345 g/mol. The lowest BCUT2D eigenvalue weighted by Crippen LogP contribution is -2.21. The molecule has 0 aliphatic heterocycles. The summed E-state index contributed by atoms with van der Waals surface area (Å²) in [6.07, 6.45) is -7.82. The van der Waals surface area contributed by atoms with E-state index in [2.05, 4.69) is 25.7 Å². The smallest absolute Gasteiger partial charge is 0.476 e. The summed E-state index contributed by atoms with van der Waals surface area (Å²) in [4.78, 5) is 13.8. The van der Waals surface area contributed by atoms with Gasteiger partial charge in [0, 0.05) is 22.7 Å². The molecule has 1 aromatic heterocycles. The van der Waals surface area contributed by atoms with Gasteiger partial charge in [0.25, 0.3) is 6.43 Å². The zero-order valence-electron chi connectivity index (χ0n) is 8.84. The van der Waals surface area contributed by atoms with Crippen LogP contribution in [0.25, 0.3) is 0 Å². The monoisotopic (exact) mass is 349 g/mol. The first kappa shape index (κ1) is 15.6. The first-order valence-electron chi connectivity index (χ1n) is 4.52. The van der Waals surface area contributed by atoms with E-state index in [-0.39, 0.29) is 0 Å². The highest BCUT2D eigenvalue weighted by Gasteiger charge is 2.36. The SMILES string of the molecule is O=C(O)c1ncc(C(F)F)c(CBr)c1OC(F)(F)F. The maximum Gasteiger partial charge on any atom is 0.573 e. The Kier molecular flexibility index (Phi) is 4.66. The Hall–Kier alpha value is -1.45. The van der Waals surface area contributed by atoms with Crippen molar-refractivity contribution in [2.45, 2.75) is 18.1 Å². The van der Waals surface area contributed by atoms with Gasteiger partial charge in [0.05, 0.1) is 0 Å². The Balaban J connectivity index is 3.50. The van der Waals surface area contributed by atoms with Crippen molar-refractivity contribution in [3.05, 3.63) is 23.0 Å². The molecule has 0 radical (unpaired) electrons. The van der Waals surface area contributed by atoms with Crippen LogP contribution in [0.15, 0.2) is 6.20 Å². The van der Waals surface area contributed by atoms with E-state index in [9.17, 15) is 26.7 Å². The third kappa shape index (κ3) is 3.75. The van der Waals surface area contributed by atoms with E-state index in [1.807, 2.05) is 0 Å². The number of carboxylic acids is 1. The van der Waals surface area contributed by atoms with Gasteiger partial charge in [0.2, 0.25) is 0 Å². The van der Waals surface area contributed by atoms with Crippen molar-refractivity contribution in [2.75, 3.05) is 0 Å². The van der Waals surface area contributed by atoms with E-state index >= 15 is 0 Å². The molecule has 1 aromatic rings. The second-order valence-corrected chi connectivity index (χ2v) is 3.72. The normalized spacial score (nSPS) is 11.7. The second kappa shape index (κ2) is 5.68. The number of aromatic carboxylic acids is 1. The standard InChI is InChI=1S/C9H5BrF5NO3/c10-1-3-4(7(11)12)2-16-5(8(17)18)6(3)19-9(13,14)15/h2,7H,1H2,(H,17,18). The maximum absolute atomic E-state index is 12.6. The number of carbonyl (C=O) groups is 1. The van der Waals surface area contributed by atoms with Gasteiger partial charge in [-0.3, -0.25) is 0 Å². The molecule has 0 aromatic carbocycles. The Labute approximate surface area is 111 Å². The van der Waals surface area contributed by atoms with Gasteiger partial charge < -0.3 is 9.84 Å². The molecule has 0 atom stereocenters. The summed E-state index contributed by atoms with van der Waals surface area (Å²) in [5.74, 6) is -3.06. The number of hydrogen-bond acceptors (Lipinski definition) is 3. The average molecular weight is 350 g/mol. The number of hydrogen-bond donors (Lipinski definition) is 1. The molecule has 0 aliphatic rings. The molecule has 0 amide bonds. The van der Waals surface area contributed by atoms with E-state index in [1.165, 1.54) is 0 Å². The number of nitrogens with zero attached hydrogens (tertiary/aromatic N) is 1. The minimum absolute atomic E-state index is 0.444. The van der Waals surface area contributed by atoms with Crippen molar-refractivity contribution in [2.24, 2.45) is 0 Å². The molecule has 4 nitrogen and oxygen atoms in total. The van der Waals surface area contributed by atoms with Crippen LogP contribution in [-0.2, 0) is 5.33 Å². The predicted molar refractivity (Wildman–Crippen MR) is 55.5 cm³/mol. The molecule has 0 fully saturated rings. The van der Waals surface area contributed by atoms with Crippen molar-refractivity contribution >= 4 is 21.9 Å². The van der Waals surface area contributed by atoms with Crippen LogP contribution in [0, 0.1) is 0 Å². The van der Waals surface area contributed by atoms with E-state index in [0.717, 1.165) is 0 Å². The maximum atomic E-state index is 12.6. The topological polar surface area (TPSA) is 59.4 Å². The third-order valence-electron chi connectivity index (χ3n) is 1.96. The fraction of sp³-hybridized carbons (Fsp3) is 0.333. The summed E-state index contributed by atoms with van der Waals surface area (Å²) in [7, 11) is 0. The molecule has 0 saturated carbocycles. The summed E-state index contributed by atoms with van der Waals surface area (Å²) in [6.45, 7) is 0. The van der Waals surface area contributed by atoms with Gasteiger partial charge >= 0.3 is 12.3 Å². The van der Waals surface area contributed by atoms with Crippen LogP contribution in [0.2, 0.25) is 0 Å². The van der Waals surface area contributed by atoms with Gasteiger partial charge in [-0.2, -0.15) is 0 Å². The first-order valence-corrected chi connectivity index (χ1v) is 5.64. The van der Waals surface area contributed by atoms with Crippen molar-refractivity contribution < 1.29 is 36.6 Å². The molecule has 19 heavy (non-hydrogen) atoms. The predicted octanol–water partition coefficient (Wildman–Crippen LogP) is 3.51. The van der Waals surface area contributed by atoms with E-state index in [0.29, 0.717) is 6.20 Å². The summed E-state index contributed by atoms with van der Waals surface area (Å²) in [5.41, 5.74) is -2.53. The summed E-state index contributed by atoms with van der Waals surface area (Å²) in [5, 5.41) is 8.26. The minimum atomic E-state index is -5.22. The molecule has 0 bridgehead atoms. The Morgan fingerprint density at radius 2 is 2.05 bits per heavy atom. The fourth-order valence-corrected chi connectivity index (χ4v) is 1.83. The highest BCUT2D eigenvalue weighted by molar-refractivity contribution is 9.08. The Morgan fingerprint density at radius 1 is 1.47 bits per heavy atom. The molecule has 106 valence electrons. The Morgan fingerprint density at radius 3 is 2.42 bits per heavy atom. The van der Waals surface area contributed by atoms with E-state index in [1.54, 1.807) is 0 Å². The minimum Gasteiger partial charge on any atom is -0.476 e. The summed E-state index contributed by atoms with van der Waals surface area (Å²) >= 11 is 2.72. The highest BCUT2D eigenvalue weighted by Crippen LogP contribution is 2.36. The third-order valence-corrected chi connectivity index (χ3v) is 2.52. The molecule has 1 heterocycles. The lowest BCUT2D eigenvalue weighted by molar-refractivity contribution is -0.275. The molecule has 1 N–H and O–H groups in total. The molecule has 0 unspecified atom stereocenters. The van der Waals surface area contributed by atoms with E-state index < -0.39 is 46.7 Å². The molecular formula is C9H5BrF5NO3. The van der Waals surface area contributed by atoms with Crippen LogP contribution in [0.5, 0.6) is 5.75 Å². The first-order chi connectivity index (χ1) is 8.67. The van der Waals surface area contributed by atoms with Crippen LogP contribution >= 0.6 is 15.9 Å². The Bertz CT molecular complexity index is 491. The number of alkyl halides is 6. The van der Waals surface area contributed by atoms with Crippen LogP contribution in [-0.4, -0.2) is 22.4 Å². The highest BCUT2D eigenvalue weighted by atomic mass is 79.9. The molecule has 1 rings (SSSR count).